The van der Waals surface area contributed by atoms with Crippen LogP contribution in [0.2, 0.25) is 0 Å². The van der Waals surface area contributed by atoms with E-state index in [9.17, 15) is 0 Å². The van der Waals surface area contributed by atoms with Gasteiger partial charge < -0.3 is 9.47 Å². The lowest BCUT2D eigenvalue weighted by Gasteiger charge is -2.20. The van der Waals surface area contributed by atoms with Gasteiger partial charge in [0.25, 0.3) is 0 Å². The molecule has 1 fully saturated rings. The molecule has 4 heteroatoms. The van der Waals surface area contributed by atoms with Gasteiger partial charge in [-0.2, -0.15) is 0 Å². The van der Waals surface area contributed by atoms with Crippen molar-refractivity contribution in [1.29, 1.82) is 0 Å². The molecule has 0 saturated carbocycles. The van der Waals surface area contributed by atoms with E-state index in [-0.39, 0.29) is 0 Å². The van der Waals surface area contributed by atoms with E-state index in [1.807, 2.05) is 11.8 Å². The molecule has 17 heavy (non-hydrogen) atoms. The molecule has 0 bridgehead atoms. The van der Waals surface area contributed by atoms with Gasteiger partial charge in [0.15, 0.2) is 0 Å². The van der Waals surface area contributed by atoms with Crippen molar-refractivity contribution in [3.8, 4) is 0 Å². The van der Waals surface area contributed by atoms with Gasteiger partial charge in [-0.05, 0) is 24.7 Å². The van der Waals surface area contributed by atoms with Crippen molar-refractivity contribution in [2.24, 2.45) is 11.8 Å². The third kappa shape index (κ3) is 6.16. The van der Waals surface area contributed by atoms with Crippen molar-refractivity contribution >= 4 is 19.6 Å². The quantitative estimate of drug-likeness (QED) is 0.397. The van der Waals surface area contributed by atoms with Gasteiger partial charge in [-0.25, -0.2) is 0 Å². The summed E-state index contributed by atoms with van der Waals surface area (Å²) < 4.78 is 11.6. The van der Waals surface area contributed by atoms with Crippen LogP contribution in [0.4, 0.5) is 0 Å². The number of thioether (sulfide) groups is 1. The zero-order valence-electron chi connectivity index (χ0n) is 11.9. The molecule has 2 nitrogen and oxygen atoms in total. The van der Waals surface area contributed by atoms with E-state index < -0.39 is 0 Å². The Balaban J connectivity index is 2.24. The van der Waals surface area contributed by atoms with Gasteiger partial charge in [-0.15, -0.1) is 11.8 Å². The Morgan fingerprint density at radius 1 is 1.29 bits per heavy atom. The van der Waals surface area contributed by atoms with Crippen LogP contribution in [0.15, 0.2) is 0 Å². The minimum Gasteiger partial charge on any atom is -0.383 e. The molecule has 0 spiro atoms. The molecular weight excluding hydrogens is 231 g/mol. The molecule has 0 N–H and O–H groups in total. The second-order valence-corrected chi connectivity index (χ2v) is 7.11. The predicted molar refractivity (Wildman–Crippen MR) is 78.3 cm³/mol. The van der Waals surface area contributed by atoms with E-state index in [1.54, 1.807) is 0 Å². The summed E-state index contributed by atoms with van der Waals surface area (Å²) in [6.45, 7) is 9.78. The lowest BCUT2D eigenvalue weighted by atomic mass is 9.96. The fourth-order valence-corrected chi connectivity index (χ4v) is 3.35. The fraction of sp³-hybridized carbons (Fsp3) is 1.00. The summed E-state index contributed by atoms with van der Waals surface area (Å²) in [6.07, 6.45) is 2.77. The Morgan fingerprint density at radius 2 is 2.00 bits per heavy atom. The molecule has 0 radical (unpaired) electrons. The van der Waals surface area contributed by atoms with Crippen LogP contribution in [0.25, 0.3) is 0 Å². The second-order valence-electron chi connectivity index (χ2n) is 5.94. The van der Waals surface area contributed by atoms with Gasteiger partial charge in [0, 0.05) is 17.9 Å². The van der Waals surface area contributed by atoms with Crippen LogP contribution in [0.3, 0.4) is 0 Å². The third-order valence-corrected chi connectivity index (χ3v) is 4.13. The summed E-state index contributed by atoms with van der Waals surface area (Å²) in [7, 11) is 2.18. The highest BCUT2D eigenvalue weighted by molar-refractivity contribution is 7.99. The summed E-state index contributed by atoms with van der Waals surface area (Å²) in [5.74, 6) is 2.15. The molecule has 1 unspecified atom stereocenters. The summed E-state index contributed by atoms with van der Waals surface area (Å²) in [5, 5.41) is 0.625. The third-order valence-electron chi connectivity index (χ3n) is 2.91. The summed E-state index contributed by atoms with van der Waals surface area (Å²) >= 11 is 1.93. The number of hydrogen-bond donors (Lipinski definition) is 0. The maximum Gasteiger partial charge on any atom is 0.139 e. The topological polar surface area (TPSA) is 18.5 Å². The highest BCUT2D eigenvalue weighted by atomic mass is 32.2. The Bertz CT molecular complexity index is 212. The first kappa shape index (κ1) is 15.4. The lowest BCUT2D eigenvalue weighted by Crippen LogP contribution is -2.21. The molecule has 0 aromatic heterocycles. The molecule has 1 aliphatic rings. The van der Waals surface area contributed by atoms with Gasteiger partial charge in [0.1, 0.15) is 7.85 Å². The van der Waals surface area contributed by atoms with E-state index in [1.165, 1.54) is 12.8 Å². The van der Waals surface area contributed by atoms with Crippen molar-refractivity contribution in [1.82, 2.24) is 0 Å². The average Bonchev–Trinajstić information content (AvgIpc) is 2.52. The first-order valence-electron chi connectivity index (χ1n) is 6.83. The van der Waals surface area contributed by atoms with E-state index in [0.717, 1.165) is 12.5 Å². The largest absolute Gasteiger partial charge is 0.383 e. The van der Waals surface area contributed by atoms with Crippen molar-refractivity contribution < 1.29 is 9.47 Å². The van der Waals surface area contributed by atoms with Crippen molar-refractivity contribution in [2.45, 2.75) is 57.9 Å². The molecule has 0 aromatic carbocycles. The fourth-order valence-electron chi connectivity index (χ4n) is 2.19. The Hall–Kier alpha value is 0.335. The second kappa shape index (κ2) is 7.70. The number of ether oxygens (including phenoxy) is 2. The minimum absolute atomic E-state index is 0.418. The summed E-state index contributed by atoms with van der Waals surface area (Å²) in [4.78, 5) is 0. The molecule has 1 rings (SSSR count). The highest BCUT2D eigenvalue weighted by Crippen LogP contribution is 2.33. The Kier molecular flexibility index (Phi) is 6.97. The normalized spacial score (nSPS) is 29.4. The zero-order valence-corrected chi connectivity index (χ0v) is 12.8. The lowest BCUT2D eigenvalue weighted by molar-refractivity contribution is 0.0746. The van der Waals surface area contributed by atoms with Crippen LogP contribution in [0.5, 0.6) is 0 Å². The van der Waals surface area contributed by atoms with Crippen molar-refractivity contribution in [2.75, 3.05) is 12.5 Å². The average molecular weight is 258 g/mol. The molecule has 100 valence electrons. The van der Waals surface area contributed by atoms with Gasteiger partial charge in [-0.1, -0.05) is 27.7 Å². The Labute approximate surface area is 112 Å². The SMILES string of the molecule is B[C@H]1CC(SCOCC(C)C)[C@@H](CC(C)C)O1. The maximum absolute atomic E-state index is 5.99. The molecule has 1 saturated heterocycles. The summed E-state index contributed by atoms with van der Waals surface area (Å²) in [6, 6.07) is 0.418. The molecule has 3 atom stereocenters. The van der Waals surface area contributed by atoms with Crippen LogP contribution in [0.1, 0.15) is 40.5 Å². The van der Waals surface area contributed by atoms with Gasteiger partial charge in [0.05, 0.1) is 12.0 Å². The first-order chi connectivity index (χ1) is 7.99. The van der Waals surface area contributed by atoms with Gasteiger partial charge in [0.2, 0.25) is 0 Å². The molecular formula is C13H27BO2S. The van der Waals surface area contributed by atoms with Gasteiger partial charge in [-0.3, -0.25) is 0 Å². The van der Waals surface area contributed by atoms with Crippen LogP contribution in [-0.4, -0.2) is 37.7 Å². The van der Waals surface area contributed by atoms with E-state index in [2.05, 4.69) is 35.5 Å². The van der Waals surface area contributed by atoms with E-state index >= 15 is 0 Å². The predicted octanol–water partition coefficient (Wildman–Crippen LogP) is 2.51. The summed E-state index contributed by atoms with van der Waals surface area (Å²) in [5.41, 5.74) is 0. The maximum atomic E-state index is 5.99. The van der Waals surface area contributed by atoms with Crippen LogP contribution >= 0.6 is 11.8 Å². The number of rotatable bonds is 7. The molecule has 1 aliphatic heterocycles. The van der Waals surface area contributed by atoms with Crippen molar-refractivity contribution in [3.63, 3.8) is 0 Å². The molecule has 1 heterocycles. The smallest absolute Gasteiger partial charge is 0.139 e. The monoisotopic (exact) mass is 258 g/mol. The van der Waals surface area contributed by atoms with Crippen LogP contribution in [-0.2, 0) is 9.47 Å². The highest BCUT2D eigenvalue weighted by Gasteiger charge is 2.33. The standard InChI is InChI=1S/C13H27BO2S/c1-9(2)5-11-12(6-13(14)16-11)17-8-15-7-10(3)4/h9-13H,5-8,14H2,1-4H3/t11-,12?,13-/m1/s1. The molecule has 0 amide bonds. The number of hydrogen-bond acceptors (Lipinski definition) is 3. The molecule has 0 aliphatic carbocycles. The van der Waals surface area contributed by atoms with Crippen molar-refractivity contribution in [3.05, 3.63) is 0 Å². The zero-order chi connectivity index (χ0) is 12.8. The van der Waals surface area contributed by atoms with Crippen LogP contribution < -0.4 is 0 Å². The van der Waals surface area contributed by atoms with Gasteiger partial charge >= 0.3 is 0 Å². The first-order valence-corrected chi connectivity index (χ1v) is 7.88. The minimum atomic E-state index is 0.418. The molecule has 0 aromatic rings. The Morgan fingerprint density at radius 3 is 2.59 bits per heavy atom. The van der Waals surface area contributed by atoms with E-state index in [0.29, 0.717) is 29.2 Å². The van der Waals surface area contributed by atoms with E-state index in [4.69, 9.17) is 9.47 Å². The van der Waals surface area contributed by atoms with Crippen LogP contribution in [0, 0.1) is 11.8 Å².